The maximum Gasteiger partial charge on any atom is 0.534 e. The van der Waals surface area contributed by atoms with Gasteiger partial charge in [-0.3, -0.25) is 14.4 Å². The van der Waals surface area contributed by atoms with Gasteiger partial charge in [-0.25, -0.2) is 11.4 Å². The number of nitrogens with zero attached hydrogens (tertiary/aromatic N) is 2. The van der Waals surface area contributed by atoms with Crippen molar-refractivity contribution < 1.29 is 24.0 Å². The van der Waals surface area contributed by atoms with E-state index in [1.165, 1.54) is 0 Å². The summed E-state index contributed by atoms with van der Waals surface area (Å²) in [6.07, 6.45) is -1.98. The Labute approximate surface area is 127 Å². The molecule has 2 rings (SSSR count). The molecule has 0 N–H and O–H groups in total. The summed E-state index contributed by atoms with van der Waals surface area (Å²) in [5.41, 5.74) is 1.67. The molecule has 2 amide bonds. The molecule has 1 aliphatic heterocycles. The smallest absolute Gasteiger partial charge is 0.416 e. The van der Waals surface area contributed by atoms with Crippen molar-refractivity contribution in [2.45, 2.75) is 25.9 Å². The minimum atomic E-state index is -1.18. The van der Waals surface area contributed by atoms with Crippen LogP contribution in [-0.2, 0) is 19.2 Å². The van der Waals surface area contributed by atoms with E-state index in [0.717, 1.165) is 5.56 Å². The molecular weight excluding hydrogens is 288 g/mol. The molecule has 0 aromatic heterocycles. The van der Waals surface area contributed by atoms with E-state index >= 15 is 0 Å². The number of carbonyl (C=O) groups is 3. The van der Waals surface area contributed by atoms with Crippen LogP contribution in [0.5, 0.6) is 0 Å². The second-order valence-electron chi connectivity index (χ2n) is 4.78. The van der Waals surface area contributed by atoms with Gasteiger partial charge in [-0.05, 0) is 6.92 Å². The quantitative estimate of drug-likeness (QED) is 0.484. The normalized spacial score (nSPS) is 15.4. The van der Waals surface area contributed by atoms with Crippen LogP contribution in [0.25, 0.3) is 4.85 Å². The zero-order valence-corrected chi connectivity index (χ0v) is 11.9. The molecule has 0 saturated carbocycles. The summed E-state index contributed by atoms with van der Waals surface area (Å²) >= 11 is 0. The maximum atomic E-state index is 11.7. The Balaban J connectivity index is 2.03. The molecule has 0 bridgehead atoms. The van der Waals surface area contributed by atoms with E-state index < -0.39 is 24.1 Å². The fraction of sp³-hybridized carbons (Fsp3) is 0.333. The molecule has 22 heavy (non-hydrogen) atoms. The molecular formula is C15H14N2O5. The number of hydrogen-bond acceptors (Lipinski definition) is 5. The highest BCUT2D eigenvalue weighted by Gasteiger charge is 2.34. The number of carbonyl (C=O) groups excluding carboxylic acids is 3. The van der Waals surface area contributed by atoms with Crippen LogP contribution in [0.4, 0.5) is 4.79 Å². The third-order valence-electron chi connectivity index (χ3n) is 3.12. The molecule has 0 aliphatic carbocycles. The third kappa shape index (κ3) is 3.61. The van der Waals surface area contributed by atoms with Gasteiger partial charge in [-0.2, -0.15) is 0 Å². The van der Waals surface area contributed by atoms with E-state index in [2.05, 4.69) is 9.68 Å². The van der Waals surface area contributed by atoms with Crippen molar-refractivity contribution in [1.29, 1.82) is 0 Å². The standard InChI is InChI=1S/C15H14N2O5/c1-10-3-5-11(6-4-10)12(9-16-2)21-15(20)22-17-13(18)7-8-14(17)19/h3-6,12H,7-9H2,1H3. The van der Waals surface area contributed by atoms with Gasteiger partial charge in [0, 0.05) is 18.4 Å². The highest BCUT2D eigenvalue weighted by molar-refractivity contribution is 6.01. The molecule has 1 aliphatic rings. The lowest BCUT2D eigenvalue weighted by molar-refractivity contribution is -0.178. The third-order valence-corrected chi connectivity index (χ3v) is 3.12. The van der Waals surface area contributed by atoms with Crippen molar-refractivity contribution in [2.75, 3.05) is 6.54 Å². The van der Waals surface area contributed by atoms with Gasteiger partial charge >= 0.3 is 6.16 Å². The molecule has 7 heteroatoms. The predicted octanol–water partition coefficient (Wildman–Crippen LogP) is 2.17. The van der Waals surface area contributed by atoms with E-state index in [9.17, 15) is 14.4 Å². The first-order valence-corrected chi connectivity index (χ1v) is 6.65. The van der Waals surface area contributed by atoms with Gasteiger partial charge < -0.3 is 9.58 Å². The van der Waals surface area contributed by atoms with Crippen LogP contribution in [0, 0.1) is 13.5 Å². The van der Waals surface area contributed by atoms with Crippen molar-refractivity contribution in [3.8, 4) is 0 Å². The van der Waals surface area contributed by atoms with Crippen LogP contribution in [0.1, 0.15) is 30.1 Å². The van der Waals surface area contributed by atoms with Gasteiger partial charge in [0.15, 0.2) is 0 Å². The molecule has 0 radical (unpaired) electrons. The van der Waals surface area contributed by atoms with Crippen LogP contribution < -0.4 is 0 Å². The first kappa shape index (κ1) is 15.5. The summed E-state index contributed by atoms with van der Waals surface area (Å²) in [4.78, 5) is 42.3. The number of hydroxylamine groups is 2. The van der Waals surface area contributed by atoms with Crippen LogP contribution in [0.3, 0.4) is 0 Å². The minimum Gasteiger partial charge on any atom is -0.416 e. The van der Waals surface area contributed by atoms with Crippen molar-refractivity contribution in [2.24, 2.45) is 0 Å². The monoisotopic (exact) mass is 302 g/mol. The number of ether oxygens (including phenoxy) is 1. The Morgan fingerprint density at radius 3 is 2.41 bits per heavy atom. The summed E-state index contributed by atoms with van der Waals surface area (Å²) in [6.45, 7) is 8.76. The molecule has 1 saturated heterocycles. The molecule has 1 atom stereocenters. The molecule has 1 heterocycles. The van der Waals surface area contributed by atoms with Crippen LogP contribution in [0.15, 0.2) is 24.3 Å². The number of hydrogen-bond donors (Lipinski definition) is 0. The van der Waals surface area contributed by atoms with Crippen LogP contribution in [0.2, 0.25) is 0 Å². The van der Waals surface area contributed by atoms with E-state index in [-0.39, 0.29) is 19.4 Å². The van der Waals surface area contributed by atoms with Crippen molar-refractivity contribution in [3.63, 3.8) is 0 Å². The molecule has 114 valence electrons. The van der Waals surface area contributed by atoms with Gasteiger partial charge in [-0.1, -0.05) is 34.9 Å². The number of aryl methyl sites for hydroxylation is 1. The van der Waals surface area contributed by atoms with Gasteiger partial charge in [0.25, 0.3) is 18.4 Å². The number of rotatable bonds is 4. The molecule has 7 nitrogen and oxygen atoms in total. The summed E-state index contributed by atoms with van der Waals surface area (Å²) in [5, 5.41) is 0.409. The first-order valence-electron chi connectivity index (χ1n) is 6.65. The van der Waals surface area contributed by atoms with E-state index in [0.29, 0.717) is 10.6 Å². The lowest BCUT2D eigenvalue weighted by Crippen LogP contribution is -2.33. The summed E-state index contributed by atoms with van der Waals surface area (Å²) in [5.74, 6) is -1.17. The Bertz CT molecular complexity index is 616. The Morgan fingerprint density at radius 1 is 1.27 bits per heavy atom. The fourth-order valence-corrected chi connectivity index (χ4v) is 1.94. The lowest BCUT2D eigenvalue weighted by Gasteiger charge is -2.16. The minimum absolute atomic E-state index is 0.00948. The van der Waals surface area contributed by atoms with Crippen LogP contribution >= 0.6 is 0 Å². The Kier molecular flexibility index (Phi) is 4.73. The average Bonchev–Trinajstić information content (AvgIpc) is 2.79. The van der Waals surface area contributed by atoms with Crippen LogP contribution in [-0.4, -0.2) is 29.6 Å². The SMILES string of the molecule is [C-]#[N+]CC(OC(=O)ON1C(=O)CCC1=O)c1ccc(C)cc1. The number of benzene rings is 1. The molecule has 1 unspecified atom stereocenters. The highest BCUT2D eigenvalue weighted by atomic mass is 16.8. The Morgan fingerprint density at radius 2 is 1.86 bits per heavy atom. The van der Waals surface area contributed by atoms with Crippen molar-refractivity contribution in [3.05, 3.63) is 46.8 Å². The van der Waals surface area contributed by atoms with Gasteiger partial charge in [0.1, 0.15) is 0 Å². The molecule has 1 fully saturated rings. The van der Waals surface area contributed by atoms with Crippen molar-refractivity contribution >= 4 is 18.0 Å². The summed E-state index contributed by atoms with van der Waals surface area (Å²) < 4.78 is 5.05. The zero-order chi connectivity index (χ0) is 16.1. The number of imide groups is 1. The second kappa shape index (κ2) is 6.72. The molecule has 1 aromatic carbocycles. The number of amides is 2. The first-order chi connectivity index (χ1) is 10.5. The fourth-order valence-electron chi connectivity index (χ4n) is 1.94. The molecule has 0 spiro atoms. The topological polar surface area (TPSA) is 77.3 Å². The average molecular weight is 302 g/mol. The Hall–Kier alpha value is -2.88. The second-order valence-corrected chi connectivity index (χ2v) is 4.78. The molecule has 1 aromatic rings. The van der Waals surface area contributed by atoms with E-state index in [4.69, 9.17) is 11.3 Å². The van der Waals surface area contributed by atoms with Gasteiger partial charge in [0.2, 0.25) is 6.10 Å². The van der Waals surface area contributed by atoms with Gasteiger partial charge in [0.05, 0.1) is 0 Å². The van der Waals surface area contributed by atoms with E-state index in [1.807, 2.05) is 19.1 Å². The zero-order valence-electron chi connectivity index (χ0n) is 11.9. The van der Waals surface area contributed by atoms with E-state index in [1.54, 1.807) is 12.1 Å². The van der Waals surface area contributed by atoms with Gasteiger partial charge in [-0.15, -0.1) is 0 Å². The summed E-state index contributed by atoms with van der Waals surface area (Å²) in [6, 6.07) is 7.14. The maximum absolute atomic E-state index is 11.7. The lowest BCUT2D eigenvalue weighted by atomic mass is 10.1. The largest absolute Gasteiger partial charge is 0.534 e. The summed E-state index contributed by atoms with van der Waals surface area (Å²) in [7, 11) is 0. The van der Waals surface area contributed by atoms with Crippen molar-refractivity contribution in [1.82, 2.24) is 5.06 Å². The predicted molar refractivity (Wildman–Crippen MR) is 74.0 cm³/mol. The highest BCUT2D eigenvalue weighted by Crippen LogP contribution is 2.20.